The van der Waals surface area contributed by atoms with E-state index in [9.17, 15) is 4.79 Å². The number of nitrogens with zero attached hydrogens (tertiary/aromatic N) is 2. The number of rotatable bonds is 4. The molecule has 1 saturated heterocycles. The van der Waals surface area contributed by atoms with E-state index in [0.717, 1.165) is 38.4 Å². The van der Waals surface area contributed by atoms with E-state index in [4.69, 9.17) is 4.42 Å². The van der Waals surface area contributed by atoms with E-state index >= 15 is 0 Å². The summed E-state index contributed by atoms with van der Waals surface area (Å²) in [6, 6.07) is 9.66. The van der Waals surface area contributed by atoms with Crippen molar-refractivity contribution in [3.63, 3.8) is 0 Å². The van der Waals surface area contributed by atoms with E-state index in [2.05, 4.69) is 34.2 Å². The summed E-state index contributed by atoms with van der Waals surface area (Å²) in [6.45, 7) is 7.63. The molecule has 0 radical (unpaired) electrons. The van der Waals surface area contributed by atoms with Crippen molar-refractivity contribution in [1.29, 1.82) is 0 Å². The van der Waals surface area contributed by atoms with Crippen molar-refractivity contribution in [2.45, 2.75) is 6.92 Å². The van der Waals surface area contributed by atoms with Crippen LogP contribution in [0.4, 0.5) is 11.4 Å². The Bertz CT molecular complexity index is 599. The Morgan fingerprint density at radius 1 is 1.14 bits per heavy atom. The van der Waals surface area contributed by atoms with Crippen LogP contribution in [0.3, 0.4) is 0 Å². The molecule has 1 aromatic heterocycles. The number of carbonyl (C=O) groups is 1. The van der Waals surface area contributed by atoms with Crippen LogP contribution in [0.15, 0.2) is 47.3 Å². The van der Waals surface area contributed by atoms with E-state index in [1.165, 1.54) is 18.2 Å². The number of likely N-dealkylation sites (N-methyl/N-ethyl adjacent to an activating group) is 1. The maximum absolute atomic E-state index is 11.9. The van der Waals surface area contributed by atoms with Gasteiger partial charge in [0.1, 0.15) is 6.26 Å². The molecule has 2 heterocycles. The van der Waals surface area contributed by atoms with Crippen molar-refractivity contribution >= 4 is 17.3 Å². The Balaban J connectivity index is 1.60. The summed E-state index contributed by atoms with van der Waals surface area (Å²) in [4.78, 5) is 16.8. The summed E-state index contributed by atoms with van der Waals surface area (Å²) in [5.74, 6) is -0.155. The molecule has 0 bridgehead atoms. The van der Waals surface area contributed by atoms with Crippen LogP contribution in [0, 0.1) is 0 Å². The summed E-state index contributed by atoms with van der Waals surface area (Å²) in [7, 11) is 0. The van der Waals surface area contributed by atoms with E-state index in [1.807, 2.05) is 12.1 Å². The molecule has 2 aromatic rings. The molecule has 22 heavy (non-hydrogen) atoms. The number of carbonyl (C=O) groups excluding carboxylic acids is 1. The van der Waals surface area contributed by atoms with E-state index in [0.29, 0.717) is 5.56 Å². The second kappa shape index (κ2) is 6.66. The summed E-state index contributed by atoms with van der Waals surface area (Å²) in [5, 5.41) is 2.86. The molecule has 1 aromatic carbocycles. The van der Waals surface area contributed by atoms with E-state index in [1.54, 1.807) is 6.07 Å². The van der Waals surface area contributed by atoms with Crippen molar-refractivity contribution in [3.8, 4) is 0 Å². The fraction of sp³-hybridized carbons (Fsp3) is 0.353. The first-order valence-corrected chi connectivity index (χ1v) is 7.67. The Morgan fingerprint density at radius 3 is 2.45 bits per heavy atom. The minimum Gasteiger partial charge on any atom is -0.472 e. The Morgan fingerprint density at radius 2 is 1.86 bits per heavy atom. The van der Waals surface area contributed by atoms with E-state index in [-0.39, 0.29) is 5.91 Å². The molecule has 0 spiro atoms. The van der Waals surface area contributed by atoms with Gasteiger partial charge >= 0.3 is 0 Å². The Kier molecular flexibility index (Phi) is 4.44. The quantitative estimate of drug-likeness (QED) is 0.943. The standard InChI is InChI=1S/C17H21N3O2/c1-2-19-8-10-20(11-9-19)16-5-3-15(4-6-16)18-17(21)14-7-12-22-13-14/h3-7,12-13H,2,8-11H2,1H3,(H,18,21). The number of benzene rings is 1. The van der Waals surface area contributed by atoms with Gasteiger partial charge in [0.05, 0.1) is 11.8 Å². The Labute approximate surface area is 130 Å². The lowest BCUT2D eigenvalue weighted by atomic mass is 10.2. The highest BCUT2D eigenvalue weighted by atomic mass is 16.3. The van der Waals surface area contributed by atoms with Crippen molar-refractivity contribution in [3.05, 3.63) is 48.4 Å². The van der Waals surface area contributed by atoms with Crippen molar-refractivity contribution in [1.82, 2.24) is 4.90 Å². The van der Waals surface area contributed by atoms with Crippen LogP contribution in [0.5, 0.6) is 0 Å². The summed E-state index contributed by atoms with van der Waals surface area (Å²) >= 11 is 0. The zero-order valence-electron chi connectivity index (χ0n) is 12.8. The number of anilines is 2. The molecule has 0 aliphatic carbocycles. The van der Waals surface area contributed by atoms with E-state index < -0.39 is 0 Å². The number of amides is 1. The molecule has 3 rings (SSSR count). The normalized spacial score (nSPS) is 15.8. The largest absolute Gasteiger partial charge is 0.472 e. The number of hydrogen-bond acceptors (Lipinski definition) is 4. The van der Waals surface area contributed by atoms with Crippen LogP contribution in [-0.2, 0) is 0 Å². The van der Waals surface area contributed by atoms with Gasteiger partial charge in [0.15, 0.2) is 0 Å². The van der Waals surface area contributed by atoms with Crippen LogP contribution in [0.25, 0.3) is 0 Å². The zero-order chi connectivity index (χ0) is 15.4. The molecule has 1 amide bonds. The molecule has 1 aliphatic heterocycles. The molecular weight excluding hydrogens is 278 g/mol. The maximum Gasteiger partial charge on any atom is 0.258 e. The first-order valence-electron chi connectivity index (χ1n) is 7.67. The van der Waals surface area contributed by atoms with Gasteiger partial charge in [0, 0.05) is 37.6 Å². The zero-order valence-corrected chi connectivity index (χ0v) is 12.8. The third-order valence-corrected chi connectivity index (χ3v) is 4.09. The predicted molar refractivity (Wildman–Crippen MR) is 87.4 cm³/mol. The summed E-state index contributed by atoms with van der Waals surface area (Å²) in [6.07, 6.45) is 2.94. The molecule has 0 atom stereocenters. The van der Waals surface area contributed by atoms with Crippen LogP contribution in [0.2, 0.25) is 0 Å². The molecule has 5 nitrogen and oxygen atoms in total. The van der Waals surface area contributed by atoms with Crippen LogP contribution in [0.1, 0.15) is 17.3 Å². The lowest BCUT2D eigenvalue weighted by molar-refractivity contribution is 0.102. The highest BCUT2D eigenvalue weighted by molar-refractivity contribution is 6.04. The summed E-state index contributed by atoms with van der Waals surface area (Å²) in [5.41, 5.74) is 2.53. The van der Waals surface area contributed by atoms with Gasteiger partial charge < -0.3 is 19.5 Å². The van der Waals surface area contributed by atoms with Crippen LogP contribution < -0.4 is 10.2 Å². The van der Waals surface area contributed by atoms with Gasteiger partial charge in [0.2, 0.25) is 0 Å². The first-order chi connectivity index (χ1) is 10.8. The van der Waals surface area contributed by atoms with Crippen LogP contribution >= 0.6 is 0 Å². The van der Waals surface area contributed by atoms with Gasteiger partial charge in [-0.05, 0) is 36.9 Å². The van der Waals surface area contributed by atoms with Gasteiger partial charge in [-0.25, -0.2) is 0 Å². The SMILES string of the molecule is CCN1CCN(c2ccc(NC(=O)c3ccoc3)cc2)CC1. The van der Waals surface area contributed by atoms with Gasteiger partial charge in [-0.2, -0.15) is 0 Å². The highest BCUT2D eigenvalue weighted by Crippen LogP contribution is 2.20. The Hall–Kier alpha value is -2.27. The minimum absolute atomic E-state index is 0.155. The number of nitrogens with one attached hydrogen (secondary N) is 1. The molecule has 1 N–H and O–H groups in total. The van der Waals surface area contributed by atoms with Crippen molar-refractivity contribution < 1.29 is 9.21 Å². The second-order valence-corrected chi connectivity index (χ2v) is 5.43. The van der Waals surface area contributed by atoms with Gasteiger partial charge in [0.25, 0.3) is 5.91 Å². The number of furan rings is 1. The van der Waals surface area contributed by atoms with Crippen molar-refractivity contribution in [2.24, 2.45) is 0 Å². The third-order valence-electron chi connectivity index (χ3n) is 4.09. The fourth-order valence-electron chi connectivity index (χ4n) is 2.67. The highest BCUT2D eigenvalue weighted by Gasteiger charge is 2.15. The molecule has 1 fully saturated rings. The monoisotopic (exact) mass is 299 g/mol. The number of hydrogen-bond donors (Lipinski definition) is 1. The molecule has 1 aliphatic rings. The molecule has 0 saturated carbocycles. The maximum atomic E-state index is 11.9. The number of piperazine rings is 1. The molecular formula is C17H21N3O2. The molecule has 5 heteroatoms. The lowest BCUT2D eigenvalue weighted by Gasteiger charge is -2.35. The predicted octanol–water partition coefficient (Wildman–Crippen LogP) is 2.67. The fourth-order valence-corrected chi connectivity index (χ4v) is 2.67. The molecule has 0 unspecified atom stereocenters. The van der Waals surface area contributed by atoms with Gasteiger partial charge in [-0.3, -0.25) is 4.79 Å². The summed E-state index contributed by atoms with van der Waals surface area (Å²) < 4.78 is 4.92. The minimum atomic E-state index is -0.155. The van der Waals surface area contributed by atoms with Crippen molar-refractivity contribution in [2.75, 3.05) is 42.9 Å². The lowest BCUT2D eigenvalue weighted by Crippen LogP contribution is -2.46. The smallest absolute Gasteiger partial charge is 0.258 e. The average molecular weight is 299 g/mol. The topological polar surface area (TPSA) is 48.7 Å². The van der Waals surface area contributed by atoms with Gasteiger partial charge in [-0.15, -0.1) is 0 Å². The van der Waals surface area contributed by atoms with Crippen LogP contribution in [-0.4, -0.2) is 43.5 Å². The third kappa shape index (κ3) is 3.31. The average Bonchev–Trinajstić information content (AvgIpc) is 3.10. The second-order valence-electron chi connectivity index (χ2n) is 5.43. The van der Waals surface area contributed by atoms with Gasteiger partial charge in [-0.1, -0.05) is 6.92 Å². The first kappa shape index (κ1) is 14.7. The molecule has 116 valence electrons.